The van der Waals surface area contributed by atoms with Crippen molar-refractivity contribution in [1.29, 1.82) is 5.26 Å². The van der Waals surface area contributed by atoms with E-state index in [9.17, 15) is 9.59 Å². The molecule has 0 N–H and O–H groups in total. The second kappa shape index (κ2) is 9.39. The van der Waals surface area contributed by atoms with Crippen LogP contribution in [0, 0.1) is 18.3 Å². The summed E-state index contributed by atoms with van der Waals surface area (Å²) in [6, 6.07) is 16.0. The van der Waals surface area contributed by atoms with Crippen LogP contribution in [-0.4, -0.2) is 31.6 Å². The normalized spacial score (nSPS) is 11.2. The predicted octanol–water partition coefficient (Wildman–Crippen LogP) is 3.50. The molecule has 6 heteroatoms. The highest BCUT2D eigenvalue weighted by Crippen LogP contribution is 2.21. The standard InChI is InChI=1S/C21H22N2O4/c1-15-10-11-17(14-19(15)26-3)21(25)27-16(2)20(24)23(13-7-12-22)18-8-5-4-6-9-18/h4-6,8-11,14,16H,7,13H2,1-3H3. The number of carbonyl (C=O) groups excluding carboxylic acids is 2. The van der Waals surface area contributed by atoms with E-state index in [4.69, 9.17) is 14.7 Å². The summed E-state index contributed by atoms with van der Waals surface area (Å²) < 4.78 is 10.6. The number of anilines is 1. The number of carbonyl (C=O) groups is 2. The minimum absolute atomic E-state index is 0.177. The van der Waals surface area contributed by atoms with Crippen LogP contribution in [0.4, 0.5) is 5.69 Å². The Balaban J connectivity index is 2.14. The maximum atomic E-state index is 12.8. The van der Waals surface area contributed by atoms with Crippen molar-refractivity contribution in [3.8, 4) is 11.8 Å². The molecule has 6 nitrogen and oxygen atoms in total. The number of amides is 1. The first kappa shape index (κ1) is 20.0. The number of nitriles is 1. The third-order valence-corrected chi connectivity index (χ3v) is 4.06. The summed E-state index contributed by atoms with van der Waals surface area (Å²) in [5.74, 6) is -0.422. The molecule has 1 amide bonds. The summed E-state index contributed by atoms with van der Waals surface area (Å²) in [5.41, 5.74) is 1.85. The molecule has 0 bridgehead atoms. The Kier molecular flexibility index (Phi) is 6.95. The minimum Gasteiger partial charge on any atom is -0.496 e. The van der Waals surface area contributed by atoms with Crippen molar-refractivity contribution in [2.75, 3.05) is 18.6 Å². The molecule has 0 radical (unpaired) electrons. The Labute approximate surface area is 158 Å². The van der Waals surface area contributed by atoms with Crippen LogP contribution in [0.2, 0.25) is 0 Å². The molecular formula is C21H22N2O4. The highest BCUT2D eigenvalue weighted by molar-refractivity contribution is 5.99. The van der Waals surface area contributed by atoms with Gasteiger partial charge in [0.2, 0.25) is 0 Å². The number of esters is 1. The number of rotatable bonds is 7. The molecule has 2 aromatic rings. The number of methoxy groups -OCH3 is 1. The molecule has 1 unspecified atom stereocenters. The lowest BCUT2D eigenvalue weighted by Gasteiger charge is -2.25. The van der Waals surface area contributed by atoms with E-state index in [1.54, 1.807) is 42.5 Å². The fraction of sp³-hybridized carbons (Fsp3) is 0.286. The summed E-state index contributed by atoms with van der Waals surface area (Å²) in [4.78, 5) is 26.7. The van der Waals surface area contributed by atoms with Crippen LogP contribution in [0.5, 0.6) is 5.75 Å². The number of benzene rings is 2. The lowest BCUT2D eigenvalue weighted by Crippen LogP contribution is -2.40. The van der Waals surface area contributed by atoms with Crippen LogP contribution in [0.3, 0.4) is 0 Å². The number of hydrogen-bond donors (Lipinski definition) is 0. The molecule has 0 aliphatic rings. The van der Waals surface area contributed by atoms with E-state index in [2.05, 4.69) is 0 Å². The fourth-order valence-corrected chi connectivity index (χ4v) is 2.58. The first-order valence-electron chi connectivity index (χ1n) is 8.57. The van der Waals surface area contributed by atoms with Gasteiger partial charge in [-0.15, -0.1) is 0 Å². The largest absolute Gasteiger partial charge is 0.496 e. The highest BCUT2D eigenvalue weighted by atomic mass is 16.5. The van der Waals surface area contributed by atoms with Gasteiger partial charge >= 0.3 is 5.97 Å². The van der Waals surface area contributed by atoms with Gasteiger partial charge < -0.3 is 14.4 Å². The summed E-state index contributed by atoms with van der Waals surface area (Å²) in [7, 11) is 1.52. The van der Waals surface area contributed by atoms with Gasteiger partial charge in [-0.3, -0.25) is 4.79 Å². The second-order valence-corrected chi connectivity index (χ2v) is 5.97. The van der Waals surface area contributed by atoms with Gasteiger partial charge in [0.15, 0.2) is 6.10 Å². The molecule has 0 saturated carbocycles. The van der Waals surface area contributed by atoms with Crippen molar-refractivity contribution in [2.24, 2.45) is 0 Å². The zero-order chi connectivity index (χ0) is 19.8. The van der Waals surface area contributed by atoms with Gasteiger partial charge in [-0.25, -0.2) is 4.79 Å². The topological polar surface area (TPSA) is 79.6 Å². The zero-order valence-corrected chi connectivity index (χ0v) is 15.6. The number of nitrogens with zero attached hydrogens (tertiary/aromatic N) is 2. The molecule has 0 fully saturated rings. The number of ether oxygens (including phenoxy) is 2. The van der Waals surface area contributed by atoms with Gasteiger partial charge in [0.25, 0.3) is 5.91 Å². The molecule has 0 aromatic heterocycles. The van der Waals surface area contributed by atoms with Gasteiger partial charge in [-0.1, -0.05) is 24.3 Å². The molecule has 140 valence electrons. The molecule has 0 heterocycles. The molecule has 0 spiro atoms. The third-order valence-electron chi connectivity index (χ3n) is 4.06. The van der Waals surface area contributed by atoms with Crippen molar-refractivity contribution >= 4 is 17.6 Å². The highest BCUT2D eigenvalue weighted by Gasteiger charge is 2.25. The van der Waals surface area contributed by atoms with E-state index < -0.39 is 12.1 Å². The molecule has 1 atom stereocenters. The lowest BCUT2D eigenvalue weighted by molar-refractivity contribution is -0.126. The number of hydrogen-bond acceptors (Lipinski definition) is 5. The van der Waals surface area contributed by atoms with E-state index in [0.29, 0.717) is 17.0 Å². The maximum absolute atomic E-state index is 12.8. The van der Waals surface area contributed by atoms with E-state index in [-0.39, 0.29) is 18.9 Å². The summed E-state index contributed by atoms with van der Waals surface area (Å²) in [5, 5.41) is 8.86. The van der Waals surface area contributed by atoms with Crippen molar-refractivity contribution in [1.82, 2.24) is 0 Å². The van der Waals surface area contributed by atoms with Crippen LogP contribution < -0.4 is 9.64 Å². The monoisotopic (exact) mass is 366 g/mol. The van der Waals surface area contributed by atoms with E-state index in [0.717, 1.165) is 5.56 Å². The Morgan fingerprint density at radius 1 is 1.19 bits per heavy atom. The van der Waals surface area contributed by atoms with Gasteiger partial charge in [0, 0.05) is 12.2 Å². The van der Waals surface area contributed by atoms with Crippen LogP contribution in [0.25, 0.3) is 0 Å². The summed E-state index contributed by atoms with van der Waals surface area (Å²) in [6.45, 7) is 3.61. The Morgan fingerprint density at radius 2 is 1.89 bits per heavy atom. The number of para-hydroxylation sites is 1. The minimum atomic E-state index is -0.997. The SMILES string of the molecule is COc1cc(C(=O)OC(C)C(=O)N(CCC#N)c2ccccc2)ccc1C. The van der Waals surface area contributed by atoms with Crippen LogP contribution in [0.15, 0.2) is 48.5 Å². The molecular weight excluding hydrogens is 344 g/mol. The average Bonchev–Trinajstić information content (AvgIpc) is 2.69. The first-order chi connectivity index (χ1) is 13.0. The number of aryl methyl sites for hydroxylation is 1. The van der Waals surface area contributed by atoms with Crippen molar-refractivity contribution < 1.29 is 19.1 Å². The molecule has 2 rings (SSSR count). The Morgan fingerprint density at radius 3 is 2.52 bits per heavy atom. The van der Waals surface area contributed by atoms with Gasteiger partial charge in [0.1, 0.15) is 5.75 Å². The summed E-state index contributed by atoms with van der Waals surface area (Å²) in [6.07, 6.45) is -0.820. The van der Waals surface area contributed by atoms with Crippen LogP contribution in [0.1, 0.15) is 29.3 Å². The molecule has 0 aliphatic heterocycles. The molecule has 27 heavy (non-hydrogen) atoms. The quantitative estimate of drug-likeness (QED) is 0.701. The van der Waals surface area contributed by atoms with Gasteiger partial charge in [-0.05, 0) is 43.7 Å². The third kappa shape index (κ3) is 5.08. The van der Waals surface area contributed by atoms with Crippen LogP contribution >= 0.6 is 0 Å². The van der Waals surface area contributed by atoms with Crippen molar-refractivity contribution in [2.45, 2.75) is 26.4 Å². The van der Waals surface area contributed by atoms with Crippen molar-refractivity contribution in [3.05, 3.63) is 59.7 Å². The average molecular weight is 366 g/mol. The van der Waals surface area contributed by atoms with Gasteiger partial charge in [0.05, 0.1) is 25.2 Å². The predicted molar refractivity (Wildman–Crippen MR) is 102 cm³/mol. The Hall–Kier alpha value is -3.33. The van der Waals surface area contributed by atoms with Crippen LogP contribution in [-0.2, 0) is 9.53 Å². The van der Waals surface area contributed by atoms with Crippen molar-refractivity contribution in [3.63, 3.8) is 0 Å². The van der Waals surface area contributed by atoms with E-state index in [1.807, 2.05) is 19.1 Å². The lowest BCUT2D eigenvalue weighted by atomic mass is 10.1. The first-order valence-corrected chi connectivity index (χ1v) is 8.57. The summed E-state index contributed by atoms with van der Waals surface area (Å²) >= 11 is 0. The fourth-order valence-electron chi connectivity index (χ4n) is 2.58. The maximum Gasteiger partial charge on any atom is 0.339 e. The molecule has 0 aliphatic carbocycles. The van der Waals surface area contributed by atoms with Gasteiger partial charge in [-0.2, -0.15) is 5.26 Å². The molecule has 2 aromatic carbocycles. The van der Waals surface area contributed by atoms with E-state index >= 15 is 0 Å². The second-order valence-electron chi connectivity index (χ2n) is 5.97. The zero-order valence-electron chi connectivity index (χ0n) is 15.6. The Bertz CT molecular complexity index is 843. The molecule has 0 saturated heterocycles. The van der Waals surface area contributed by atoms with E-state index in [1.165, 1.54) is 18.9 Å². The smallest absolute Gasteiger partial charge is 0.339 e.